The first-order valence-corrected chi connectivity index (χ1v) is 12.8. The molecule has 6 rings (SSSR count). The number of aromatic nitrogens is 3. The molecule has 13 heteroatoms. The van der Waals surface area contributed by atoms with Gasteiger partial charge in [0.1, 0.15) is 17.4 Å². The number of rotatable bonds is 6. The van der Waals surface area contributed by atoms with Crippen molar-refractivity contribution >= 4 is 58.6 Å². The summed E-state index contributed by atoms with van der Waals surface area (Å²) in [5.41, 5.74) is 4.80. The van der Waals surface area contributed by atoms with Crippen LogP contribution < -0.4 is 20.7 Å². The van der Waals surface area contributed by atoms with E-state index in [0.717, 1.165) is 23.1 Å². The molecule has 0 fully saturated rings. The molecule has 1 aliphatic rings. The molecular formula is C28H19ClF2N6O3S. The van der Waals surface area contributed by atoms with Gasteiger partial charge in [-0.2, -0.15) is 0 Å². The number of carbonyl (C=O) groups excluding carboxylic acids is 2. The molecule has 2 aromatic heterocycles. The highest BCUT2D eigenvalue weighted by Gasteiger charge is 2.18. The maximum absolute atomic E-state index is 14.1. The summed E-state index contributed by atoms with van der Waals surface area (Å²) in [5, 5.41) is 8.51. The Balaban J connectivity index is 0.00000337. The fraction of sp³-hybridized carbons (Fsp3) is 0.0357. The van der Waals surface area contributed by atoms with Gasteiger partial charge in [-0.05, 0) is 54.6 Å². The summed E-state index contributed by atoms with van der Waals surface area (Å²) in [7, 11) is 0. The average Bonchev–Trinajstić information content (AvgIpc) is 3.45. The molecule has 3 aromatic carbocycles. The van der Waals surface area contributed by atoms with Crippen molar-refractivity contribution in [2.75, 3.05) is 22.6 Å². The molecule has 9 nitrogen and oxygen atoms in total. The Morgan fingerprint density at radius 1 is 1.00 bits per heavy atom. The minimum absolute atomic E-state index is 0. The van der Waals surface area contributed by atoms with Gasteiger partial charge in [-0.15, -0.1) is 23.7 Å². The highest BCUT2D eigenvalue weighted by atomic mass is 35.5. The standard InChI is InChI=1S/C28H18F2N6O3S.ClH/c29-16-4-6-20(30)19(11-16)27(38)33-17-3-1-2-15(10-17)25-26(40-14-32-25)21-8-9-31-28(36-21)34-18-5-7-23-22(12-18)35-24(37)13-39-23;/h1-12,14H,13H2,(H,33,38)(H,35,37)(H,31,34,36);1H. The monoisotopic (exact) mass is 592 g/mol. The van der Waals surface area contributed by atoms with Crippen molar-refractivity contribution in [1.82, 2.24) is 15.0 Å². The Kier molecular flexibility index (Phi) is 7.86. The van der Waals surface area contributed by atoms with Gasteiger partial charge in [0.15, 0.2) is 6.61 Å². The van der Waals surface area contributed by atoms with Gasteiger partial charge in [-0.25, -0.2) is 23.7 Å². The molecule has 0 spiro atoms. The number of ether oxygens (including phenoxy) is 1. The zero-order valence-corrected chi connectivity index (χ0v) is 22.5. The van der Waals surface area contributed by atoms with Crippen LogP contribution in [-0.4, -0.2) is 33.4 Å². The first-order chi connectivity index (χ1) is 19.4. The number of nitrogens with one attached hydrogen (secondary N) is 3. The van der Waals surface area contributed by atoms with Crippen LogP contribution in [0.2, 0.25) is 0 Å². The Labute approximate surface area is 242 Å². The number of fused-ring (bicyclic) bond motifs is 1. The molecule has 0 saturated carbocycles. The van der Waals surface area contributed by atoms with Crippen LogP contribution in [0.3, 0.4) is 0 Å². The van der Waals surface area contributed by atoms with Crippen molar-refractivity contribution in [3.63, 3.8) is 0 Å². The van der Waals surface area contributed by atoms with Crippen LogP contribution in [0.1, 0.15) is 10.4 Å². The Morgan fingerprint density at radius 2 is 1.88 bits per heavy atom. The van der Waals surface area contributed by atoms with Gasteiger partial charge in [0, 0.05) is 23.1 Å². The number of amides is 2. The second-order valence-electron chi connectivity index (χ2n) is 8.63. The fourth-order valence-corrected chi connectivity index (χ4v) is 4.86. The summed E-state index contributed by atoms with van der Waals surface area (Å²) in [4.78, 5) is 38.4. The van der Waals surface area contributed by atoms with Crippen LogP contribution in [0.5, 0.6) is 5.75 Å². The molecule has 0 aliphatic carbocycles. The van der Waals surface area contributed by atoms with Crippen LogP contribution in [-0.2, 0) is 4.79 Å². The highest BCUT2D eigenvalue weighted by Crippen LogP contribution is 2.36. The second-order valence-corrected chi connectivity index (χ2v) is 9.48. The van der Waals surface area contributed by atoms with E-state index in [1.807, 2.05) is 6.07 Å². The number of carbonyl (C=O) groups is 2. The molecule has 206 valence electrons. The maximum Gasteiger partial charge on any atom is 0.262 e. The molecule has 0 atom stereocenters. The topological polar surface area (TPSA) is 118 Å². The molecule has 3 N–H and O–H groups in total. The molecule has 0 bridgehead atoms. The first-order valence-electron chi connectivity index (χ1n) is 11.9. The lowest BCUT2D eigenvalue weighted by atomic mass is 10.1. The zero-order valence-electron chi connectivity index (χ0n) is 20.9. The van der Waals surface area contributed by atoms with E-state index < -0.39 is 23.1 Å². The summed E-state index contributed by atoms with van der Waals surface area (Å²) in [6.45, 7) is -0.0248. The van der Waals surface area contributed by atoms with Gasteiger partial charge >= 0.3 is 0 Å². The molecule has 0 radical (unpaired) electrons. The van der Waals surface area contributed by atoms with Gasteiger partial charge in [0.05, 0.1) is 33.0 Å². The zero-order chi connectivity index (χ0) is 27.6. The summed E-state index contributed by atoms with van der Waals surface area (Å²) < 4.78 is 33.0. The number of halogens is 3. The van der Waals surface area contributed by atoms with E-state index >= 15 is 0 Å². The summed E-state index contributed by atoms with van der Waals surface area (Å²) in [6, 6.07) is 16.6. The minimum Gasteiger partial charge on any atom is -0.482 e. The molecular weight excluding hydrogens is 574 g/mol. The van der Waals surface area contributed by atoms with Gasteiger partial charge in [-0.3, -0.25) is 9.59 Å². The quantitative estimate of drug-likeness (QED) is 0.212. The van der Waals surface area contributed by atoms with Crippen molar-refractivity contribution in [3.05, 3.63) is 95.6 Å². The van der Waals surface area contributed by atoms with Gasteiger partial charge < -0.3 is 20.7 Å². The van der Waals surface area contributed by atoms with E-state index in [1.165, 1.54) is 11.3 Å². The van der Waals surface area contributed by atoms with E-state index in [0.29, 0.717) is 45.7 Å². The van der Waals surface area contributed by atoms with E-state index in [2.05, 4.69) is 30.9 Å². The maximum atomic E-state index is 14.1. The van der Waals surface area contributed by atoms with E-state index in [4.69, 9.17) is 4.74 Å². The second kappa shape index (κ2) is 11.7. The molecule has 3 heterocycles. The number of benzene rings is 3. The lowest BCUT2D eigenvalue weighted by molar-refractivity contribution is -0.118. The first kappa shape index (κ1) is 27.6. The molecule has 0 saturated heterocycles. The van der Waals surface area contributed by atoms with E-state index in [1.54, 1.807) is 54.2 Å². The number of nitrogens with zero attached hydrogens (tertiary/aromatic N) is 3. The van der Waals surface area contributed by atoms with Crippen molar-refractivity contribution in [1.29, 1.82) is 0 Å². The summed E-state index contributed by atoms with van der Waals surface area (Å²) >= 11 is 1.38. The predicted octanol–water partition coefficient (Wildman–Crippen LogP) is 6.29. The van der Waals surface area contributed by atoms with Crippen molar-refractivity contribution in [2.45, 2.75) is 0 Å². The third kappa shape index (κ3) is 5.98. The van der Waals surface area contributed by atoms with Gasteiger partial charge in [0.25, 0.3) is 11.8 Å². The van der Waals surface area contributed by atoms with Crippen LogP contribution >= 0.6 is 23.7 Å². The van der Waals surface area contributed by atoms with Crippen LogP contribution in [0, 0.1) is 11.6 Å². The van der Waals surface area contributed by atoms with Crippen molar-refractivity contribution < 1.29 is 23.1 Å². The summed E-state index contributed by atoms with van der Waals surface area (Å²) in [6.07, 6.45) is 1.61. The lowest BCUT2D eigenvalue weighted by Gasteiger charge is -2.18. The van der Waals surface area contributed by atoms with E-state index in [-0.39, 0.29) is 24.9 Å². The molecule has 0 unspecified atom stereocenters. The van der Waals surface area contributed by atoms with E-state index in [9.17, 15) is 18.4 Å². The Bertz CT molecular complexity index is 1780. The molecule has 5 aromatic rings. The summed E-state index contributed by atoms with van der Waals surface area (Å²) in [5.74, 6) is -1.62. The number of hydrogen-bond donors (Lipinski definition) is 3. The SMILES string of the molecule is Cl.O=C1COc2ccc(Nc3nccc(-c4scnc4-c4cccc(NC(=O)c5cc(F)ccc5F)c4)n3)cc2N1. The largest absolute Gasteiger partial charge is 0.482 e. The minimum atomic E-state index is -0.821. The van der Waals surface area contributed by atoms with Crippen LogP contribution in [0.25, 0.3) is 21.8 Å². The number of anilines is 4. The van der Waals surface area contributed by atoms with Gasteiger partial charge in [0.2, 0.25) is 5.95 Å². The Hall–Kier alpha value is -4.94. The fourth-order valence-electron chi connectivity index (χ4n) is 4.08. The average molecular weight is 593 g/mol. The number of thiazole rings is 1. The third-order valence-electron chi connectivity index (χ3n) is 5.89. The molecule has 2 amide bonds. The van der Waals surface area contributed by atoms with Crippen molar-refractivity contribution in [3.8, 4) is 27.6 Å². The van der Waals surface area contributed by atoms with Gasteiger partial charge in [-0.1, -0.05) is 12.1 Å². The molecule has 41 heavy (non-hydrogen) atoms. The molecule has 1 aliphatic heterocycles. The highest BCUT2D eigenvalue weighted by molar-refractivity contribution is 7.13. The predicted molar refractivity (Wildman–Crippen MR) is 154 cm³/mol. The lowest BCUT2D eigenvalue weighted by Crippen LogP contribution is -2.25. The smallest absolute Gasteiger partial charge is 0.262 e. The normalized spacial score (nSPS) is 11.9. The van der Waals surface area contributed by atoms with Crippen LogP contribution in [0.4, 0.5) is 31.8 Å². The number of hydrogen-bond acceptors (Lipinski definition) is 8. The third-order valence-corrected chi connectivity index (χ3v) is 6.74. The van der Waals surface area contributed by atoms with Crippen LogP contribution in [0.15, 0.2) is 78.4 Å². The Morgan fingerprint density at radius 3 is 2.76 bits per heavy atom. The van der Waals surface area contributed by atoms with Crippen molar-refractivity contribution in [2.24, 2.45) is 0 Å².